The summed E-state index contributed by atoms with van der Waals surface area (Å²) in [6, 6.07) is 21.7. The minimum absolute atomic E-state index is 0.0251. The molecule has 1 unspecified atom stereocenters. The lowest BCUT2D eigenvalue weighted by Gasteiger charge is -2.26. The molecule has 0 bridgehead atoms. The van der Waals surface area contributed by atoms with E-state index in [4.69, 9.17) is 16.3 Å². The second-order valence-corrected chi connectivity index (χ2v) is 9.36. The number of benzene rings is 3. The summed E-state index contributed by atoms with van der Waals surface area (Å²) in [7, 11) is -4.07. The summed E-state index contributed by atoms with van der Waals surface area (Å²) in [5.74, 6) is -0.0679. The van der Waals surface area contributed by atoms with Gasteiger partial charge in [-0.05, 0) is 55.8 Å². The highest BCUT2D eigenvalue weighted by molar-refractivity contribution is 7.92. The predicted molar refractivity (Wildman–Crippen MR) is 127 cm³/mol. The van der Waals surface area contributed by atoms with Crippen molar-refractivity contribution in [2.75, 3.05) is 17.5 Å². The first kappa shape index (κ1) is 23.6. The van der Waals surface area contributed by atoms with Gasteiger partial charge in [-0.15, -0.1) is 0 Å². The Morgan fingerprint density at radius 2 is 1.62 bits per heavy atom. The van der Waals surface area contributed by atoms with Gasteiger partial charge in [0.15, 0.2) is 0 Å². The lowest BCUT2D eigenvalue weighted by atomic mass is 10.1. The van der Waals surface area contributed by atoms with E-state index in [2.05, 4.69) is 5.32 Å². The van der Waals surface area contributed by atoms with Crippen LogP contribution in [0.4, 0.5) is 5.69 Å². The second kappa shape index (κ2) is 10.5. The highest BCUT2D eigenvalue weighted by atomic mass is 35.5. The van der Waals surface area contributed by atoms with Crippen molar-refractivity contribution in [1.82, 2.24) is 5.32 Å². The fourth-order valence-corrected chi connectivity index (χ4v) is 4.77. The minimum atomic E-state index is -4.07. The Hall–Kier alpha value is -3.03. The van der Waals surface area contributed by atoms with Crippen molar-refractivity contribution in [3.8, 4) is 5.75 Å². The number of anilines is 1. The molecule has 3 rings (SSSR count). The highest BCUT2D eigenvalue weighted by Crippen LogP contribution is 2.32. The Morgan fingerprint density at radius 1 is 1.00 bits per heavy atom. The quantitative estimate of drug-likeness (QED) is 0.484. The molecule has 0 aliphatic rings. The second-order valence-electron chi connectivity index (χ2n) is 7.07. The normalized spacial score (nSPS) is 12.1. The van der Waals surface area contributed by atoms with Crippen LogP contribution in [0.2, 0.25) is 5.02 Å². The average molecular weight is 473 g/mol. The lowest BCUT2D eigenvalue weighted by Crippen LogP contribution is -2.41. The Morgan fingerprint density at radius 3 is 2.28 bits per heavy atom. The number of nitrogens with one attached hydrogen (secondary N) is 1. The first-order valence-corrected chi connectivity index (χ1v) is 12.0. The van der Waals surface area contributed by atoms with E-state index in [0.29, 0.717) is 17.4 Å². The van der Waals surface area contributed by atoms with E-state index in [-0.39, 0.29) is 16.6 Å². The fraction of sp³-hybridized carbons (Fsp3) is 0.208. The van der Waals surface area contributed by atoms with Crippen molar-refractivity contribution in [2.24, 2.45) is 0 Å². The van der Waals surface area contributed by atoms with Crippen LogP contribution in [0, 0.1) is 0 Å². The number of para-hydroxylation sites is 2. The van der Waals surface area contributed by atoms with Gasteiger partial charge in [0, 0.05) is 5.02 Å². The average Bonchev–Trinajstić information content (AvgIpc) is 2.79. The topological polar surface area (TPSA) is 75.7 Å². The Labute approximate surface area is 193 Å². The molecule has 0 heterocycles. The number of hydrogen-bond acceptors (Lipinski definition) is 4. The Balaban J connectivity index is 1.96. The number of amides is 1. The zero-order chi connectivity index (χ0) is 23.1. The summed E-state index contributed by atoms with van der Waals surface area (Å²) in [5.41, 5.74) is 1.20. The van der Waals surface area contributed by atoms with Gasteiger partial charge in [-0.3, -0.25) is 9.10 Å². The molecular formula is C24H25ClN2O4S. The van der Waals surface area contributed by atoms with Crippen molar-refractivity contribution < 1.29 is 17.9 Å². The van der Waals surface area contributed by atoms with Gasteiger partial charge < -0.3 is 10.1 Å². The fourth-order valence-electron chi connectivity index (χ4n) is 3.22. The number of carbonyl (C=O) groups is 1. The Kier molecular flexibility index (Phi) is 7.77. The van der Waals surface area contributed by atoms with Crippen molar-refractivity contribution in [3.05, 3.63) is 89.4 Å². The molecule has 8 heteroatoms. The van der Waals surface area contributed by atoms with Crippen LogP contribution in [0.3, 0.4) is 0 Å². The van der Waals surface area contributed by atoms with E-state index in [0.717, 1.165) is 9.87 Å². The number of sulfonamides is 1. The van der Waals surface area contributed by atoms with Gasteiger partial charge in [0.05, 0.1) is 23.2 Å². The third-order valence-electron chi connectivity index (χ3n) is 4.80. The molecule has 0 saturated heterocycles. The van der Waals surface area contributed by atoms with Gasteiger partial charge in [-0.2, -0.15) is 0 Å². The maximum atomic E-state index is 13.5. The number of ether oxygens (including phenoxy) is 1. The number of nitrogens with zero attached hydrogens (tertiary/aromatic N) is 1. The summed E-state index contributed by atoms with van der Waals surface area (Å²) in [4.78, 5) is 13.0. The highest BCUT2D eigenvalue weighted by Gasteiger charge is 2.29. The summed E-state index contributed by atoms with van der Waals surface area (Å²) < 4.78 is 33.8. The van der Waals surface area contributed by atoms with E-state index in [1.807, 2.05) is 44.2 Å². The summed E-state index contributed by atoms with van der Waals surface area (Å²) in [6.45, 7) is 3.60. The molecule has 6 nitrogen and oxygen atoms in total. The smallest absolute Gasteiger partial charge is 0.264 e. The molecule has 3 aromatic rings. The van der Waals surface area contributed by atoms with Crippen LogP contribution in [0.5, 0.6) is 5.75 Å². The van der Waals surface area contributed by atoms with Crippen molar-refractivity contribution in [3.63, 3.8) is 0 Å². The van der Waals surface area contributed by atoms with Crippen LogP contribution in [-0.2, 0) is 14.8 Å². The molecule has 1 amide bonds. The number of halogens is 1. The molecule has 32 heavy (non-hydrogen) atoms. The van der Waals surface area contributed by atoms with Gasteiger partial charge in [0.2, 0.25) is 5.91 Å². The maximum Gasteiger partial charge on any atom is 0.264 e. The van der Waals surface area contributed by atoms with E-state index in [1.54, 1.807) is 24.3 Å². The third kappa shape index (κ3) is 5.60. The standard InChI is InChI=1S/C24H25ClN2O4S/c1-3-31-23-12-8-7-11-22(23)27(32(29,30)21-15-13-20(25)14-16-21)17-24(28)26-18(2)19-9-5-4-6-10-19/h4-16,18H,3,17H2,1-2H3,(H,26,28). The lowest BCUT2D eigenvalue weighted by molar-refractivity contribution is -0.120. The minimum Gasteiger partial charge on any atom is -0.492 e. The van der Waals surface area contributed by atoms with Crippen molar-refractivity contribution in [2.45, 2.75) is 24.8 Å². The molecular weight excluding hydrogens is 448 g/mol. The van der Waals surface area contributed by atoms with Crippen LogP contribution in [0.25, 0.3) is 0 Å². The summed E-state index contributed by atoms with van der Waals surface area (Å²) >= 11 is 5.93. The molecule has 0 radical (unpaired) electrons. The van der Waals surface area contributed by atoms with E-state index >= 15 is 0 Å². The van der Waals surface area contributed by atoms with E-state index in [1.165, 1.54) is 24.3 Å². The van der Waals surface area contributed by atoms with Gasteiger partial charge in [0.1, 0.15) is 12.3 Å². The van der Waals surface area contributed by atoms with Crippen LogP contribution in [0.1, 0.15) is 25.5 Å². The van der Waals surface area contributed by atoms with Crippen LogP contribution >= 0.6 is 11.6 Å². The molecule has 3 aromatic carbocycles. The van der Waals surface area contributed by atoms with Crippen molar-refractivity contribution >= 4 is 33.2 Å². The summed E-state index contributed by atoms with van der Waals surface area (Å²) in [5, 5.41) is 3.29. The molecule has 0 aliphatic heterocycles. The van der Waals surface area contributed by atoms with Crippen LogP contribution in [0.15, 0.2) is 83.8 Å². The van der Waals surface area contributed by atoms with Gasteiger partial charge in [-0.25, -0.2) is 8.42 Å². The molecule has 0 aromatic heterocycles. The van der Waals surface area contributed by atoms with Crippen molar-refractivity contribution in [1.29, 1.82) is 0 Å². The molecule has 0 saturated carbocycles. The van der Waals surface area contributed by atoms with Gasteiger partial charge in [-0.1, -0.05) is 54.1 Å². The molecule has 0 fully saturated rings. The SMILES string of the molecule is CCOc1ccccc1N(CC(=O)NC(C)c1ccccc1)S(=O)(=O)c1ccc(Cl)cc1. The van der Waals surface area contributed by atoms with E-state index < -0.39 is 22.5 Å². The monoisotopic (exact) mass is 472 g/mol. The number of rotatable bonds is 9. The number of carbonyl (C=O) groups excluding carboxylic acids is 1. The molecule has 168 valence electrons. The number of hydrogen-bond donors (Lipinski definition) is 1. The zero-order valence-electron chi connectivity index (χ0n) is 17.9. The largest absolute Gasteiger partial charge is 0.492 e. The molecule has 0 spiro atoms. The van der Waals surface area contributed by atoms with Crippen LogP contribution < -0.4 is 14.4 Å². The first-order chi connectivity index (χ1) is 15.3. The molecule has 0 aliphatic carbocycles. The van der Waals surface area contributed by atoms with E-state index in [9.17, 15) is 13.2 Å². The van der Waals surface area contributed by atoms with Gasteiger partial charge in [0.25, 0.3) is 10.0 Å². The Bertz CT molecular complexity index is 1150. The zero-order valence-corrected chi connectivity index (χ0v) is 19.4. The summed E-state index contributed by atoms with van der Waals surface area (Å²) in [6.07, 6.45) is 0. The predicted octanol–water partition coefficient (Wildman–Crippen LogP) is 4.81. The van der Waals surface area contributed by atoms with Crippen LogP contribution in [-0.4, -0.2) is 27.5 Å². The third-order valence-corrected chi connectivity index (χ3v) is 6.83. The van der Waals surface area contributed by atoms with Gasteiger partial charge >= 0.3 is 0 Å². The first-order valence-electron chi connectivity index (χ1n) is 10.2. The maximum absolute atomic E-state index is 13.5. The molecule has 1 atom stereocenters. The molecule has 1 N–H and O–H groups in total.